The van der Waals surface area contributed by atoms with Gasteiger partial charge in [0.2, 0.25) is 0 Å². The first-order valence-corrected chi connectivity index (χ1v) is 13.2. The van der Waals surface area contributed by atoms with Gasteiger partial charge >= 0.3 is 12.0 Å². The van der Waals surface area contributed by atoms with Crippen molar-refractivity contribution >= 4 is 23.4 Å². The zero-order valence-corrected chi connectivity index (χ0v) is 21.4. The molecule has 0 saturated carbocycles. The lowest BCUT2D eigenvalue weighted by Crippen LogP contribution is -2.49. The fourth-order valence-corrected chi connectivity index (χ4v) is 5.74. The molecule has 2 amide bonds. The van der Waals surface area contributed by atoms with Crippen molar-refractivity contribution in [3.63, 3.8) is 0 Å². The van der Waals surface area contributed by atoms with Crippen LogP contribution in [0.1, 0.15) is 53.0 Å². The third kappa shape index (κ3) is 5.44. The molecule has 37 heavy (non-hydrogen) atoms. The number of carbonyl (C=O) groups is 2. The average molecular weight is 505 g/mol. The standard InChI is InChI=1S/C29H36N4O4/c1-19-24-6-7-26(28(19)30)31-11-2-3-15-37-23-9-13-32(14-10-23)29(36)33-12-8-20-4-5-21(16-22(20)18-33)25(24)17-27(34)35/h2-7,16,23,25,31H,8-15,17-18,30H2,1H3,(H,34,35)/b3-2-. The van der Waals surface area contributed by atoms with Crippen LogP contribution in [0.5, 0.6) is 0 Å². The Hall–Kier alpha value is -3.52. The number of anilines is 2. The normalized spacial score (nSPS) is 23.0. The molecule has 0 aromatic heterocycles. The van der Waals surface area contributed by atoms with Crippen LogP contribution in [0.25, 0.3) is 0 Å². The molecule has 8 rings (SSSR count). The number of aliphatic carboxylic acids is 1. The van der Waals surface area contributed by atoms with Crippen molar-refractivity contribution in [2.75, 3.05) is 43.8 Å². The predicted octanol–water partition coefficient (Wildman–Crippen LogP) is 4.12. The maximum absolute atomic E-state index is 13.3. The van der Waals surface area contributed by atoms with E-state index >= 15 is 0 Å². The quantitative estimate of drug-likeness (QED) is 0.419. The summed E-state index contributed by atoms with van der Waals surface area (Å²) < 4.78 is 6.03. The predicted molar refractivity (Wildman–Crippen MR) is 144 cm³/mol. The van der Waals surface area contributed by atoms with Gasteiger partial charge in [-0.05, 0) is 60.1 Å². The van der Waals surface area contributed by atoms with Gasteiger partial charge in [-0.2, -0.15) is 0 Å². The van der Waals surface area contributed by atoms with Crippen molar-refractivity contribution < 1.29 is 19.4 Å². The molecule has 1 unspecified atom stereocenters. The van der Waals surface area contributed by atoms with Crippen LogP contribution >= 0.6 is 0 Å². The molecule has 2 aromatic rings. The monoisotopic (exact) mass is 504 g/mol. The number of piperidine rings is 1. The topological polar surface area (TPSA) is 108 Å². The Morgan fingerprint density at radius 1 is 1.11 bits per heavy atom. The number of nitrogen functional groups attached to an aromatic ring is 1. The minimum atomic E-state index is -0.860. The van der Waals surface area contributed by atoms with Gasteiger partial charge in [-0.15, -0.1) is 0 Å². The lowest BCUT2D eigenvalue weighted by Gasteiger charge is -2.37. The minimum Gasteiger partial charge on any atom is -0.481 e. The van der Waals surface area contributed by atoms with Gasteiger partial charge in [0.15, 0.2) is 0 Å². The van der Waals surface area contributed by atoms with Crippen molar-refractivity contribution in [1.29, 1.82) is 0 Å². The lowest BCUT2D eigenvalue weighted by atomic mass is 9.83. The largest absolute Gasteiger partial charge is 0.481 e. The van der Waals surface area contributed by atoms with Crippen LogP contribution in [0.2, 0.25) is 0 Å². The van der Waals surface area contributed by atoms with E-state index in [4.69, 9.17) is 10.5 Å². The Balaban J connectivity index is 1.51. The molecular weight excluding hydrogens is 468 g/mol. The smallest absolute Gasteiger partial charge is 0.320 e. The summed E-state index contributed by atoms with van der Waals surface area (Å²) in [7, 11) is 0. The molecule has 1 atom stereocenters. The van der Waals surface area contributed by atoms with E-state index in [2.05, 4.69) is 17.4 Å². The molecule has 6 aliphatic rings. The number of hydrogen-bond donors (Lipinski definition) is 3. The number of carboxylic acid groups (broad SMARTS) is 1. The molecule has 2 aromatic carbocycles. The van der Waals surface area contributed by atoms with Crippen LogP contribution in [-0.4, -0.2) is 65.8 Å². The van der Waals surface area contributed by atoms with Gasteiger partial charge in [-0.1, -0.05) is 36.4 Å². The second-order valence-corrected chi connectivity index (χ2v) is 10.2. The van der Waals surface area contributed by atoms with Gasteiger partial charge in [0, 0.05) is 38.6 Å². The van der Waals surface area contributed by atoms with Crippen molar-refractivity contribution in [2.45, 2.75) is 51.2 Å². The molecule has 8 heteroatoms. The van der Waals surface area contributed by atoms with Gasteiger partial charge in [0.1, 0.15) is 0 Å². The van der Waals surface area contributed by atoms with E-state index in [9.17, 15) is 14.7 Å². The maximum atomic E-state index is 13.3. The summed E-state index contributed by atoms with van der Waals surface area (Å²) in [4.78, 5) is 29.1. The Morgan fingerprint density at radius 2 is 1.92 bits per heavy atom. The first-order valence-electron chi connectivity index (χ1n) is 13.2. The molecule has 4 N–H and O–H groups in total. The Kier molecular flexibility index (Phi) is 7.37. The minimum absolute atomic E-state index is 0.0355. The van der Waals surface area contributed by atoms with E-state index in [-0.39, 0.29) is 24.5 Å². The average Bonchev–Trinajstić information content (AvgIpc) is 2.90. The summed E-state index contributed by atoms with van der Waals surface area (Å²) in [5, 5.41) is 13.1. The molecule has 0 radical (unpaired) electrons. The molecule has 196 valence electrons. The molecule has 6 aliphatic heterocycles. The van der Waals surface area contributed by atoms with E-state index in [1.54, 1.807) is 0 Å². The van der Waals surface area contributed by atoms with Gasteiger partial charge in [-0.25, -0.2) is 4.79 Å². The summed E-state index contributed by atoms with van der Waals surface area (Å²) in [6.07, 6.45) is 6.63. The van der Waals surface area contributed by atoms with E-state index < -0.39 is 5.97 Å². The Bertz CT molecular complexity index is 1200. The number of nitrogens with two attached hydrogens (primary N) is 1. The van der Waals surface area contributed by atoms with Gasteiger partial charge < -0.3 is 30.7 Å². The van der Waals surface area contributed by atoms with E-state index in [0.29, 0.717) is 45.0 Å². The molecule has 0 aliphatic carbocycles. The third-order valence-corrected chi connectivity index (χ3v) is 7.94. The number of urea groups is 1. The molecule has 0 spiro atoms. The number of carboxylic acids is 1. The van der Waals surface area contributed by atoms with Crippen LogP contribution in [0, 0.1) is 6.92 Å². The first kappa shape index (κ1) is 25.1. The van der Waals surface area contributed by atoms with Crippen molar-refractivity contribution in [2.24, 2.45) is 0 Å². The Labute approximate surface area is 218 Å². The fourth-order valence-electron chi connectivity index (χ4n) is 5.74. The summed E-state index contributed by atoms with van der Waals surface area (Å²) in [6.45, 7) is 5.72. The molecule has 8 nitrogen and oxygen atoms in total. The summed E-state index contributed by atoms with van der Waals surface area (Å²) in [5.74, 6) is -1.20. The number of nitrogens with zero attached hydrogens (tertiary/aromatic N) is 2. The van der Waals surface area contributed by atoms with Crippen LogP contribution < -0.4 is 11.1 Å². The highest BCUT2D eigenvalue weighted by Crippen LogP contribution is 2.37. The summed E-state index contributed by atoms with van der Waals surface area (Å²) in [5.41, 5.74) is 13.0. The number of amides is 2. The van der Waals surface area contributed by atoms with E-state index in [0.717, 1.165) is 47.2 Å². The van der Waals surface area contributed by atoms with Crippen molar-refractivity contribution in [3.05, 3.63) is 70.3 Å². The van der Waals surface area contributed by atoms with Crippen molar-refractivity contribution in [1.82, 2.24) is 9.80 Å². The van der Waals surface area contributed by atoms with Crippen LogP contribution in [-0.2, 0) is 22.5 Å². The summed E-state index contributed by atoms with van der Waals surface area (Å²) >= 11 is 0. The molecule has 1 saturated heterocycles. The van der Waals surface area contributed by atoms with Crippen molar-refractivity contribution in [3.8, 4) is 0 Å². The van der Waals surface area contributed by atoms with Crippen LogP contribution in [0.3, 0.4) is 0 Å². The van der Waals surface area contributed by atoms with Gasteiger partial charge in [0.25, 0.3) is 0 Å². The second kappa shape index (κ2) is 10.8. The number of rotatable bonds is 2. The number of carbonyl (C=O) groups excluding carboxylic acids is 1. The molecule has 6 heterocycles. The van der Waals surface area contributed by atoms with Crippen LogP contribution in [0.4, 0.5) is 16.2 Å². The molecule has 7 bridgehead atoms. The highest BCUT2D eigenvalue weighted by atomic mass is 16.5. The van der Waals surface area contributed by atoms with E-state index in [1.807, 2.05) is 47.1 Å². The fraction of sp³-hybridized carbons (Fsp3) is 0.448. The SMILES string of the molecule is Cc1c2ccc(c1N)NC/C=C\COC1CCN(CC1)C(=O)N1CCc3ccc(cc3C1)C2CC(=O)O. The van der Waals surface area contributed by atoms with Gasteiger partial charge in [-0.3, -0.25) is 4.79 Å². The Morgan fingerprint density at radius 3 is 2.70 bits per heavy atom. The third-order valence-electron chi connectivity index (χ3n) is 7.94. The first-order chi connectivity index (χ1) is 17.9. The maximum Gasteiger partial charge on any atom is 0.320 e. The highest BCUT2D eigenvalue weighted by molar-refractivity contribution is 5.76. The number of benzene rings is 2. The van der Waals surface area contributed by atoms with Crippen LogP contribution in [0.15, 0.2) is 42.5 Å². The number of nitrogens with one attached hydrogen (secondary N) is 1. The highest BCUT2D eigenvalue weighted by Gasteiger charge is 2.30. The van der Waals surface area contributed by atoms with E-state index in [1.165, 1.54) is 5.56 Å². The second-order valence-electron chi connectivity index (χ2n) is 10.2. The molecule has 1 fully saturated rings. The zero-order valence-electron chi connectivity index (χ0n) is 21.4. The number of ether oxygens (including phenoxy) is 1. The number of hydrogen-bond acceptors (Lipinski definition) is 5. The lowest BCUT2D eigenvalue weighted by molar-refractivity contribution is -0.137. The zero-order chi connectivity index (χ0) is 25.9. The molecular formula is C29H36N4O4. The van der Waals surface area contributed by atoms with Gasteiger partial charge in [0.05, 0.1) is 30.5 Å². The summed E-state index contributed by atoms with van der Waals surface area (Å²) in [6, 6.07) is 10.2.